The molecule has 0 radical (unpaired) electrons. The maximum absolute atomic E-state index is 12.3. The van der Waals surface area contributed by atoms with Crippen LogP contribution in [0.5, 0.6) is 5.75 Å². The molecule has 2 aromatic rings. The number of ether oxygens (including phenoxy) is 1. The van der Waals surface area contributed by atoms with Gasteiger partial charge in [0.1, 0.15) is 11.8 Å². The van der Waals surface area contributed by atoms with Crippen LogP contribution in [-0.4, -0.2) is 19.1 Å². The van der Waals surface area contributed by atoms with Crippen molar-refractivity contribution in [2.75, 3.05) is 17.7 Å². The summed E-state index contributed by atoms with van der Waals surface area (Å²) in [7, 11) is 1.55. The van der Waals surface area contributed by atoms with E-state index in [0.29, 0.717) is 16.5 Å². The maximum Gasteiger partial charge on any atom is 0.246 e. The second kappa shape index (κ2) is 7.88. The zero-order chi connectivity index (χ0) is 16.8. The Labute approximate surface area is 141 Å². The minimum atomic E-state index is -0.397. The molecular formula is C18H21ClN2O2. The molecule has 2 rings (SSSR count). The van der Waals surface area contributed by atoms with E-state index in [1.165, 1.54) is 5.56 Å². The zero-order valence-corrected chi connectivity index (χ0v) is 14.3. The summed E-state index contributed by atoms with van der Waals surface area (Å²) in [5, 5.41) is 6.55. The molecule has 5 heteroatoms. The van der Waals surface area contributed by atoms with Gasteiger partial charge >= 0.3 is 0 Å². The topological polar surface area (TPSA) is 50.4 Å². The number of nitrogens with one attached hydrogen (secondary N) is 2. The van der Waals surface area contributed by atoms with Gasteiger partial charge in [0.05, 0.1) is 12.8 Å². The molecule has 0 spiro atoms. The first-order chi connectivity index (χ1) is 11.0. The van der Waals surface area contributed by atoms with Crippen molar-refractivity contribution >= 4 is 28.9 Å². The third-order valence-electron chi connectivity index (χ3n) is 3.56. The third-order valence-corrected chi connectivity index (χ3v) is 3.79. The van der Waals surface area contributed by atoms with Crippen molar-refractivity contribution in [1.82, 2.24) is 0 Å². The van der Waals surface area contributed by atoms with Crippen LogP contribution in [0.1, 0.15) is 19.4 Å². The number of rotatable bonds is 6. The molecule has 4 nitrogen and oxygen atoms in total. The minimum absolute atomic E-state index is 0.162. The van der Waals surface area contributed by atoms with Crippen molar-refractivity contribution in [3.05, 3.63) is 53.1 Å². The van der Waals surface area contributed by atoms with Crippen LogP contribution in [0.3, 0.4) is 0 Å². The summed E-state index contributed by atoms with van der Waals surface area (Å²) in [6.45, 7) is 3.91. The van der Waals surface area contributed by atoms with E-state index in [0.717, 1.165) is 12.1 Å². The molecule has 23 heavy (non-hydrogen) atoms. The molecule has 0 unspecified atom stereocenters. The van der Waals surface area contributed by atoms with Crippen molar-refractivity contribution in [3.8, 4) is 5.75 Å². The molecule has 0 fully saturated rings. The van der Waals surface area contributed by atoms with E-state index in [1.54, 1.807) is 32.2 Å². The smallest absolute Gasteiger partial charge is 0.246 e. The first kappa shape index (κ1) is 17.2. The zero-order valence-electron chi connectivity index (χ0n) is 13.5. The Bertz CT molecular complexity index is 671. The predicted molar refractivity (Wildman–Crippen MR) is 95.5 cm³/mol. The number of hydrogen-bond acceptors (Lipinski definition) is 3. The Morgan fingerprint density at radius 3 is 2.52 bits per heavy atom. The van der Waals surface area contributed by atoms with Crippen molar-refractivity contribution in [2.24, 2.45) is 0 Å². The Hall–Kier alpha value is -2.20. The molecular weight excluding hydrogens is 312 g/mol. The first-order valence-electron chi connectivity index (χ1n) is 7.53. The van der Waals surface area contributed by atoms with Crippen molar-refractivity contribution in [2.45, 2.75) is 26.3 Å². The molecule has 0 heterocycles. The molecule has 0 bridgehead atoms. The van der Waals surface area contributed by atoms with Gasteiger partial charge in [-0.2, -0.15) is 0 Å². The summed E-state index contributed by atoms with van der Waals surface area (Å²) >= 11 is 5.97. The van der Waals surface area contributed by atoms with E-state index >= 15 is 0 Å². The van der Waals surface area contributed by atoms with E-state index < -0.39 is 6.04 Å². The van der Waals surface area contributed by atoms with Gasteiger partial charge < -0.3 is 15.4 Å². The number of hydrogen-bond donors (Lipinski definition) is 2. The number of aryl methyl sites for hydroxylation is 1. The number of benzene rings is 2. The normalized spacial score (nSPS) is 11.7. The Morgan fingerprint density at radius 2 is 1.91 bits per heavy atom. The molecule has 0 aliphatic carbocycles. The summed E-state index contributed by atoms with van der Waals surface area (Å²) in [5.74, 6) is 0.410. The first-order valence-corrected chi connectivity index (χ1v) is 7.91. The lowest BCUT2D eigenvalue weighted by atomic mass is 10.1. The lowest BCUT2D eigenvalue weighted by Gasteiger charge is -2.17. The molecule has 2 N–H and O–H groups in total. The number of carbonyl (C=O) groups is 1. The summed E-state index contributed by atoms with van der Waals surface area (Å²) in [6, 6.07) is 12.8. The number of methoxy groups -OCH3 is 1. The highest BCUT2D eigenvalue weighted by Crippen LogP contribution is 2.27. The van der Waals surface area contributed by atoms with Gasteiger partial charge in [-0.25, -0.2) is 0 Å². The predicted octanol–water partition coefficient (Wildman–Crippen LogP) is 4.35. The highest BCUT2D eigenvalue weighted by Gasteiger charge is 2.15. The van der Waals surface area contributed by atoms with E-state index in [1.807, 2.05) is 24.3 Å². The lowest BCUT2D eigenvalue weighted by molar-refractivity contribution is -0.116. The molecule has 1 atom stereocenters. The van der Waals surface area contributed by atoms with Gasteiger partial charge in [-0.05, 0) is 49.2 Å². The maximum atomic E-state index is 12.3. The van der Waals surface area contributed by atoms with Gasteiger partial charge in [-0.15, -0.1) is 0 Å². The quantitative estimate of drug-likeness (QED) is 0.826. The monoisotopic (exact) mass is 332 g/mol. The van der Waals surface area contributed by atoms with E-state index in [9.17, 15) is 4.79 Å². The van der Waals surface area contributed by atoms with Crippen molar-refractivity contribution in [1.29, 1.82) is 0 Å². The second-order valence-electron chi connectivity index (χ2n) is 5.25. The van der Waals surface area contributed by atoms with Crippen LogP contribution in [0.15, 0.2) is 42.5 Å². The van der Waals surface area contributed by atoms with Crippen LogP contribution < -0.4 is 15.4 Å². The van der Waals surface area contributed by atoms with Crippen LogP contribution in [0.25, 0.3) is 0 Å². The number of amides is 1. The Balaban J connectivity index is 2.03. The average molecular weight is 333 g/mol. The van der Waals surface area contributed by atoms with Gasteiger partial charge in [-0.1, -0.05) is 30.7 Å². The van der Waals surface area contributed by atoms with E-state index in [4.69, 9.17) is 16.3 Å². The van der Waals surface area contributed by atoms with Crippen LogP contribution in [-0.2, 0) is 11.2 Å². The van der Waals surface area contributed by atoms with E-state index in [-0.39, 0.29) is 5.91 Å². The fraction of sp³-hybridized carbons (Fsp3) is 0.278. The SMILES string of the molecule is CCc1ccc(N[C@@H](C)C(=O)Nc2cc(Cl)ccc2OC)cc1. The molecule has 0 aliphatic heterocycles. The summed E-state index contributed by atoms with van der Waals surface area (Å²) in [5.41, 5.74) is 2.72. The minimum Gasteiger partial charge on any atom is -0.495 e. The molecule has 0 aromatic heterocycles. The van der Waals surface area contributed by atoms with Gasteiger partial charge in [0, 0.05) is 10.7 Å². The lowest BCUT2D eigenvalue weighted by Crippen LogP contribution is -2.32. The number of carbonyl (C=O) groups excluding carboxylic acids is 1. The van der Waals surface area contributed by atoms with Gasteiger partial charge in [0.15, 0.2) is 0 Å². The summed E-state index contributed by atoms with van der Waals surface area (Å²) in [4.78, 5) is 12.3. The average Bonchev–Trinajstić information content (AvgIpc) is 2.55. The van der Waals surface area contributed by atoms with Gasteiger partial charge in [0.25, 0.3) is 0 Å². The molecule has 0 saturated carbocycles. The summed E-state index contributed by atoms with van der Waals surface area (Å²) in [6.07, 6.45) is 0.991. The standard InChI is InChI=1S/C18H21ClN2O2/c1-4-13-5-8-15(9-6-13)20-12(2)18(22)21-16-11-14(19)7-10-17(16)23-3/h5-12,20H,4H2,1-3H3,(H,21,22)/t12-/m0/s1. The number of halogens is 1. The molecule has 0 aliphatic rings. The van der Waals surface area contributed by atoms with E-state index in [2.05, 4.69) is 17.6 Å². The Morgan fingerprint density at radius 1 is 1.22 bits per heavy atom. The number of anilines is 2. The van der Waals surface area contributed by atoms with Gasteiger partial charge in [-0.3, -0.25) is 4.79 Å². The summed E-state index contributed by atoms with van der Waals surface area (Å²) < 4.78 is 5.23. The van der Waals surface area contributed by atoms with Gasteiger partial charge in [0.2, 0.25) is 5.91 Å². The molecule has 2 aromatic carbocycles. The van der Waals surface area contributed by atoms with Crippen LogP contribution in [0.4, 0.5) is 11.4 Å². The molecule has 1 amide bonds. The molecule has 122 valence electrons. The largest absolute Gasteiger partial charge is 0.495 e. The highest BCUT2D eigenvalue weighted by molar-refractivity contribution is 6.31. The fourth-order valence-electron chi connectivity index (χ4n) is 2.17. The van der Waals surface area contributed by atoms with Crippen LogP contribution in [0, 0.1) is 0 Å². The molecule has 0 saturated heterocycles. The van der Waals surface area contributed by atoms with Crippen LogP contribution >= 0.6 is 11.6 Å². The fourth-order valence-corrected chi connectivity index (χ4v) is 2.34. The van der Waals surface area contributed by atoms with Crippen LogP contribution in [0.2, 0.25) is 5.02 Å². The highest BCUT2D eigenvalue weighted by atomic mass is 35.5. The Kier molecular flexibility index (Phi) is 5.88. The third kappa shape index (κ3) is 4.63. The van der Waals surface area contributed by atoms with Crippen molar-refractivity contribution < 1.29 is 9.53 Å². The van der Waals surface area contributed by atoms with Crippen molar-refractivity contribution in [3.63, 3.8) is 0 Å². The second-order valence-corrected chi connectivity index (χ2v) is 5.69.